The van der Waals surface area contributed by atoms with Crippen molar-refractivity contribution in [2.75, 3.05) is 44.2 Å². The molecule has 1 aromatic heterocycles. The average molecular weight is 444 g/mol. The predicted molar refractivity (Wildman–Crippen MR) is 115 cm³/mol. The van der Waals surface area contributed by atoms with Crippen LogP contribution in [-0.4, -0.2) is 73.3 Å². The van der Waals surface area contributed by atoms with Crippen LogP contribution in [0.4, 0.5) is 0 Å². The van der Waals surface area contributed by atoms with Crippen LogP contribution in [0.3, 0.4) is 0 Å². The molecule has 0 aromatic carbocycles. The Kier molecular flexibility index (Phi) is 6.37. The van der Waals surface area contributed by atoms with E-state index in [4.69, 9.17) is 0 Å². The van der Waals surface area contributed by atoms with Gasteiger partial charge in [-0.3, -0.25) is 9.69 Å². The Bertz CT molecular complexity index is 790. The molecule has 0 unspecified atom stereocenters. The zero-order valence-corrected chi connectivity index (χ0v) is 18.6. The zero-order chi connectivity index (χ0) is 19.6. The van der Waals surface area contributed by atoms with E-state index < -0.39 is 10.0 Å². The van der Waals surface area contributed by atoms with Crippen molar-refractivity contribution in [3.63, 3.8) is 0 Å². The van der Waals surface area contributed by atoms with Crippen molar-refractivity contribution in [3.8, 4) is 0 Å². The molecule has 0 atom stereocenters. The summed E-state index contributed by atoms with van der Waals surface area (Å²) in [5.41, 5.74) is 0.0435. The fourth-order valence-corrected chi connectivity index (χ4v) is 8.47. The molecule has 2 aliphatic heterocycles. The molecule has 1 amide bonds. The molecule has 156 valence electrons. The quantitative estimate of drug-likeness (QED) is 0.732. The fourth-order valence-electron chi connectivity index (χ4n) is 4.73. The number of carbonyl (C=O) groups excluding carboxylic acids is 1. The van der Waals surface area contributed by atoms with Gasteiger partial charge in [0.05, 0.1) is 0 Å². The average Bonchev–Trinajstić information content (AvgIpc) is 3.49. The number of amides is 1. The lowest BCUT2D eigenvalue weighted by Crippen LogP contribution is -2.56. The van der Waals surface area contributed by atoms with E-state index in [9.17, 15) is 13.2 Å². The molecule has 1 saturated carbocycles. The van der Waals surface area contributed by atoms with Crippen molar-refractivity contribution >= 4 is 39.0 Å². The van der Waals surface area contributed by atoms with Gasteiger partial charge in [-0.25, -0.2) is 8.42 Å². The number of thioether (sulfide) groups is 1. The van der Waals surface area contributed by atoms with E-state index in [2.05, 4.69) is 10.2 Å². The largest absolute Gasteiger partial charge is 0.349 e. The van der Waals surface area contributed by atoms with Crippen molar-refractivity contribution in [1.82, 2.24) is 14.5 Å². The van der Waals surface area contributed by atoms with Gasteiger partial charge in [0.25, 0.3) is 5.91 Å². The van der Waals surface area contributed by atoms with Gasteiger partial charge in [-0.05, 0) is 37.1 Å². The van der Waals surface area contributed by atoms with E-state index in [-0.39, 0.29) is 16.3 Å². The highest BCUT2D eigenvalue weighted by Gasteiger charge is 2.40. The van der Waals surface area contributed by atoms with Gasteiger partial charge in [0, 0.05) is 49.8 Å². The van der Waals surface area contributed by atoms with E-state index in [0.717, 1.165) is 50.3 Å². The summed E-state index contributed by atoms with van der Waals surface area (Å²) in [5.74, 6) is 2.06. The Morgan fingerprint density at radius 3 is 2.43 bits per heavy atom. The smallest absolute Gasteiger partial charge is 0.262 e. The number of rotatable bonds is 6. The minimum atomic E-state index is -3.57. The highest BCUT2D eigenvalue weighted by Crippen LogP contribution is 2.36. The summed E-state index contributed by atoms with van der Waals surface area (Å²) in [7, 11) is -3.57. The van der Waals surface area contributed by atoms with Gasteiger partial charge in [0.1, 0.15) is 9.77 Å². The number of nitrogens with one attached hydrogen (secondary N) is 1. The second-order valence-corrected chi connectivity index (χ2v) is 12.0. The first kappa shape index (κ1) is 20.7. The SMILES string of the molecule is O=C(NCC1(N2CCSCC2)CCCC1)c1sccc1S(=O)(=O)N1CCCC1. The van der Waals surface area contributed by atoms with Crippen molar-refractivity contribution in [3.05, 3.63) is 16.3 Å². The molecule has 6 nitrogen and oxygen atoms in total. The van der Waals surface area contributed by atoms with Crippen LogP contribution in [0.2, 0.25) is 0 Å². The highest BCUT2D eigenvalue weighted by molar-refractivity contribution is 7.99. The molecule has 3 heterocycles. The molecule has 4 rings (SSSR count). The Morgan fingerprint density at radius 2 is 1.75 bits per heavy atom. The van der Waals surface area contributed by atoms with E-state index in [1.807, 2.05) is 11.8 Å². The summed E-state index contributed by atoms with van der Waals surface area (Å²) in [5, 5.41) is 4.82. The number of hydrogen-bond donors (Lipinski definition) is 1. The molecule has 0 spiro atoms. The second kappa shape index (κ2) is 8.63. The standard InChI is InChI=1S/C19H29N3O3S3/c23-18(17-16(5-12-27-17)28(24,25)22-8-3-4-9-22)20-15-19(6-1-2-7-19)21-10-13-26-14-11-21/h5,12H,1-4,6-11,13-15H2,(H,20,23). The summed E-state index contributed by atoms with van der Waals surface area (Å²) in [6.07, 6.45) is 6.41. The molecule has 1 aliphatic carbocycles. The van der Waals surface area contributed by atoms with Gasteiger partial charge in [-0.15, -0.1) is 11.3 Å². The van der Waals surface area contributed by atoms with Gasteiger partial charge < -0.3 is 5.32 Å². The molecule has 3 aliphatic rings. The lowest BCUT2D eigenvalue weighted by atomic mass is 9.94. The summed E-state index contributed by atoms with van der Waals surface area (Å²) >= 11 is 3.22. The highest BCUT2D eigenvalue weighted by atomic mass is 32.2. The third kappa shape index (κ3) is 4.01. The number of sulfonamides is 1. The Labute approximate surface area is 176 Å². The van der Waals surface area contributed by atoms with E-state index >= 15 is 0 Å². The number of carbonyl (C=O) groups is 1. The predicted octanol–water partition coefficient (Wildman–Crippen LogP) is 2.62. The fraction of sp³-hybridized carbons (Fsp3) is 0.737. The summed E-state index contributed by atoms with van der Waals surface area (Å²) in [6.45, 7) is 3.87. The minimum Gasteiger partial charge on any atom is -0.349 e. The molecule has 9 heteroatoms. The van der Waals surface area contributed by atoms with Crippen LogP contribution in [0.5, 0.6) is 0 Å². The first-order valence-corrected chi connectivity index (χ1v) is 13.7. The van der Waals surface area contributed by atoms with E-state index in [1.165, 1.54) is 28.5 Å². The monoisotopic (exact) mass is 443 g/mol. The van der Waals surface area contributed by atoms with E-state index in [0.29, 0.717) is 24.5 Å². The first-order chi connectivity index (χ1) is 13.5. The van der Waals surface area contributed by atoms with Crippen LogP contribution in [0.25, 0.3) is 0 Å². The van der Waals surface area contributed by atoms with Gasteiger partial charge in [-0.2, -0.15) is 16.1 Å². The molecule has 0 bridgehead atoms. The molecule has 1 N–H and O–H groups in total. The third-order valence-corrected chi connectivity index (χ3v) is 10.2. The number of nitrogens with zero attached hydrogens (tertiary/aromatic N) is 2. The third-order valence-electron chi connectivity index (χ3n) is 6.31. The number of thiophene rings is 1. The molecular weight excluding hydrogens is 414 g/mol. The zero-order valence-electron chi connectivity index (χ0n) is 16.2. The summed E-state index contributed by atoms with van der Waals surface area (Å²) < 4.78 is 27.4. The Hall–Kier alpha value is -0.610. The van der Waals surface area contributed by atoms with Crippen molar-refractivity contribution in [2.24, 2.45) is 0 Å². The first-order valence-electron chi connectivity index (χ1n) is 10.2. The van der Waals surface area contributed by atoms with Crippen LogP contribution < -0.4 is 5.32 Å². The molecular formula is C19H29N3O3S3. The van der Waals surface area contributed by atoms with Crippen LogP contribution >= 0.6 is 23.1 Å². The Balaban J connectivity index is 1.48. The van der Waals surface area contributed by atoms with Crippen LogP contribution in [0, 0.1) is 0 Å². The van der Waals surface area contributed by atoms with E-state index in [1.54, 1.807) is 11.4 Å². The maximum Gasteiger partial charge on any atom is 0.262 e. The molecule has 2 saturated heterocycles. The maximum absolute atomic E-state index is 13.0. The second-order valence-electron chi connectivity index (χ2n) is 7.94. The van der Waals surface area contributed by atoms with Crippen molar-refractivity contribution < 1.29 is 13.2 Å². The summed E-state index contributed by atoms with van der Waals surface area (Å²) in [4.78, 5) is 16.0. The van der Waals surface area contributed by atoms with Gasteiger partial charge in [0.2, 0.25) is 10.0 Å². The molecule has 0 radical (unpaired) electrons. The van der Waals surface area contributed by atoms with Crippen LogP contribution in [0.15, 0.2) is 16.3 Å². The lowest BCUT2D eigenvalue weighted by molar-refractivity contribution is 0.0818. The molecule has 3 fully saturated rings. The van der Waals surface area contributed by atoms with Crippen LogP contribution in [0.1, 0.15) is 48.2 Å². The topological polar surface area (TPSA) is 69.7 Å². The normalized spacial score (nSPS) is 23.9. The maximum atomic E-state index is 13.0. The van der Waals surface area contributed by atoms with Gasteiger partial charge >= 0.3 is 0 Å². The van der Waals surface area contributed by atoms with Gasteiger partial charge in [0.15, 0.2) is 0 Å². The number of hydrogen-bond acceptors (Lipinski definition) is 6. The Morgan fingerprint density at radius 1 is 1.07 bits per heavy atom. The van der Waals surface area contributed by atoms with Gasteiger partial charge in [-0.1, -0.05) is 12.8 Å². The summed E-state index contributed by atoms with van der Waals surface area (Å²) in [6, 6.07) is 1.58. The molecule has 28 heavy (non-hydrogen) atoms. The minimum absolute atomic E-state index is 0.0435. The molecule has 1 aromatic rings. The van der Waals surface area contributed by atoms with Crippen molar-refractivity contribution in [2.45, 2.75) is 49.0 Å². The van der Waals surface area contributed by atoms with Crippen LogP contribution in [-0.2, 0) is 10.0 Å². The lowest BCUT2D eigenvalue weighted by Gasteiger charge is -2.43. The van der Waals surface area contributed by atoms with Crippen molar-refractivity contribution in [1.29, 1.82) is 0 Å².